The van der Waals surface area contributed by atoms with Gasteiger partial charge < -0.3 is 25.6 Å². The predicted molar refractivity (Wildman–Crippen MR) is 93.2 cm³/mol. The van der Waals surface area contributed by atoms with Gasteiger partial charge in [0.15, 0.2) is 17.7 Å². The minimum Gasteiger partial charge on any atom is -0.387 e. The third-order valence-electron chi connectivity index (χ3n) is 3.75. The van der Waals surface area contributed by atoms with Crippen LogP contribution >= 0.6 is 24.3 Å². The van der Waals surface area contributed by atoms with Gasteiger partial charge in [-0.05, 0) is 0 Å². The zero-order chi connectivity index (χ0) is 22.8. The second kappa shape index (κ2) is 9.89. The first-order valence-electron chi connectivity index (χ1n) is 7.85. The summed E-state index contributed by atoms with van der Waals surface area (Å²) < 4.78 is 59.3. The minimum atomic E-state index is -5.02. The molecule has 6 N–H and O–H groups in total. The standard InChI is InChI=1S/C10H12N5O13P3/c11-8-5-9(13-2-12-8)15(3-14-5)10-7(17)6(16)4(24-10)1-23-31(21,22)28-27-30(20)26-25-29(18)19/h2-4,6-7,10,16-17H,1H2,(H2-2,11,12,13,18,19,21,22)/p+2/t4-,6?,7?,10?/m1/s1. The van der Waals surface area contributed by atoms with Crippen molar-refractivity contribution in [1.82, 2.24) is 19.5 Å². The number of phosphoric acid groups is 1. The molecule has 3 heterocycles. The largest absolute Gasteiger partial charge is 0.764 e. The molecule has 6 unspecified atom stereocenters. The van der Waals surface area contributed by atoms with E-state index in [1.54, 1.807) is 0 Å². The van der Waals surface area contributed by atoms with Crippen molar-refractivity contribution in [3.05, 3.63) is 12.7 Å². The summed E-state index contributed by atoms with van der Waals surface area (Å²) in [7, 11) is -11.7. The highest BCUT2D eigenvalue weighted by atomic mass is 31.2. The number of nitrogen functional groups attached to an aromatic ring is 1. The van der Waals surface area contributed by atoms with E-state index in [0.29, 0.717) is 0 Å². The monoisotopic (exact) mass is 505 g/mol. The van der Waals surface area contributed by atoms with Crippen molar-refractivity contribution in [3.8, 4) is 0 Å². The maximum absolute atomic E-state index is 11.7. The fourth-order valence-electron chi connectivity index (χ4n) is 2.48. The van der Waals surface area contributed by atoms with Crippen molar-refractivity contribution in [2.75, 3.05) is 12.3 Å². The molecular weight excluding hydrogens is 491 g/mol. The number of anilines is 1. The molecule has 0 aromatic carbocycles. The van der Waals surface area contributed by atoms with Gasteiger partial charge in [0, 0.05) is 9.13 Å². The molecule has 2 aromatic rings. The van der Waals surface area contributed by atoms with E-state index in [4.69, 9.17) is 15.4 Å². The molecule has 1 saturated heterocycles. The second-order valence-corrected chi connectivity index (χ2v) is 8.37. The number of rotatable bonds is 10. The third kappa shape index (κ3) is 5.79. The molecule has 0 bridgehead atoms. The number of nitrogens with two attached hydrogens (primary N) is 1. The Bertz CT molecular complexity index is 1020. The van der Waals surface area contributed by atoms with Crippen LogP contribution in [0.15, 0.2) is 12.7 Å². The average molecular weight is 505 g/mol. The molecule has 1 aliphatic heterocycles. The first kappa shape index (κ1) is 24.0. The van der Waals surface area contributed by atoms with Crippen LogP contribution in [0.2, 0.25) is 0 Å². The number of nitrogens with zero attached hydrogens (tertiary/aromatic N) is 4. The molecule has 31 heavy (non-hydrogen) atoms. The molecule has 3 rings (SSSR count). The highest BCUT2D eigenvalue weighted by Gasteiger charge is 2.46. The van der Waals surface area contributed by atoms with E-state index >= 15 is 0 Å². The summed E-state index contributed by atoms with van der Waals surface area (Å²) in [5.41, 5.74) is 6.11. The van der Waals surface area contributed by atoms with Gasteiger partial charge in [-0.3, -0.25) is 9.09 Å². The lowest BCUT2D eigenvalue weighted by Gasteiger charge is -2.16. The van der Waals surface area contributed by atoms with Gasteiger partial charge in [0.05, 0.1) is 17.6 Å². The summed E-state index contributed by atoms with van der Waals surface area (Å²) in [6.07, 6.45) is -3.22. The van der Waals surface area contributed by atoms with Crippen LogP contribution in [0, 0.1) is 0 Å². The van der Waals surface area contributed by atoms with Crippen LogP contribution in [0.25, 0.3) is 11.2 Å². The van der Waals surface area contributed by atoms with Gasteiger partial charge in [-0.25, -0.2) is 19.5 Å². The topological polar surface area (TPSA) is 257 Å². The number of hydrogen-bond donors (Lipinski definition) is 5. The minimum absolute atomic E-state index is 0.0774. The van der Waals surface area contributed by atoms with Crippen molar-refractivity contribution in [2.45, 2.75) is 24.5 Å². The Balaban J connectivity index is 1.59. The Labute approximate surface area is 172 Å². The van der Waals surface area contributed by atoms with Crippen LogP contribution in [-0.2, 0) is 41.7 Å². The molecule has 1 fully saturated rings. The van der Waals surface area contributed by atoms with E-state index < -0.39 is 55.5 Å². The van der Waals surface area contributed by atoms with Crippen LogP contribution in [-0.4, -0.2) is 64.4 Å². The van der Waals surface area contributed by atoms with Crippen LogP contribution in [0.3, 0.4) is 0 Å². The van der Waals surface area contributed by atoms with Gasteiger partial charge in [-0.1, -0.05) is 4.67 Å². The highest BCUT2D eigenvalue weighted by Crippen LogP contribution is 2.48. The van der Waals surface area contributed by atoms with E-state index in [1.807, 2.05) is 0 Å². The Morgan fingerprint density at radius 2 is 1.94 bits per heavy atom. The molecule has 170 valence electrons. The van der Waals surface area contributed by atoms with E-state index in [0.717, 1.165) is 6.33 Å². The van der Waals surface area contributed by atoms with E-state index in [1.165, 1.54) is 10.9 Å². The first-order chi connectivity index (χ1) is 14.6. The summed E-state index contributed by atoms with van der Waals surface area (Å²) in [6, 6.07) is 0. The van der Waals surface area contributed by atoms with Gasteiger partial charge in [0.25, 0.3) is 0 Å². The number of phosphoric ester groups is 1. The van der Waals surface area contributed by atoms with Crippen molar-refractivity contribution >= 4 is 41.3 Å². The Kier molecular flexibility index (Phi) is 7.67. The van der Waals surface area contributed by atoms with Gasteiger partial charge in [-0.2, -0.15) is 0 Å². The number of ether oxygens (including phenoxy) is 1. The smallest absolute Gasteiger partial charge is 0.387 e. The zero-order valence-corrected chi connectivity index (χ0v) is 17.5. The molecule has 0 aliphatic carbocycles. The normalized spacial score (nSPS) is 26.7. The first-order valence-corrected chi connectivity index (χ1v) is 11.6. The lowest BCUT2D eigenvalue weighted by atomic mass is 10.1. The van der Waals surface area contributed by atoms with Crippen LogP contribution < -0.4 is 5.73 Å². The molecule has 0 amide bonds. The molecule has 21 heteroatoms. The summed E-state index contributed by atoms with van der Waals surface area (Å²) in [4.78, 5) is 29.5. The molecule has 18 nitrogen and oxygen atoms in total. The molecule has 0 radical (unpaired) electrons. The summed E-state index contributed by atoms with van der Waals surface area (Å²) in [5.74, 6) is 0.0774. The number of hydrogen-bond acceptors (Lipinski definition) is 15. The summed E-state index contributed by atoms with van der Waals surface area (Å²) in [5, 5.41) is 20.4. The Morgan fingerprint density at radius 1 is 1.19 bits per heavy atom. The number of fused-ring (bicyclic) bond motifs is 1. The SMILES string of the molecule is Nc1ncnc2c1ncn2C1O[C@H](COP(=O)(O)OO[P+](=O)OO[P+](=O)O)C(O)C1O. The van der Waals surface area contributed by atoms with Crippen molar-refractivity contribution in [3.63, 3.8) is 0 Å². The van der Waals surface area contributed by atoms with Crippen molar-refractivity contribution in [1.29, 1.82) is 0 Å². The maximum Gasteiger partial charge on any atom is 0.764 e. The predicted octanol–water partition coefficient (Wildman–Crippen LogP) is -0.652. The van der Waals surface area contributed by atoms with Gasteiger partial charge in [0.1, 0.15) is 39.5 Å². The molecule has 1 aliphatic rings. The van der Waals surface area contributed by atoms with E-state index in [-0.39, 0.29) is 17.0 Å². The van der Waals surface area contributed by atoms with Crippen LogP contribution in [0.1, 0.15) is 6.23 Å². The molecular formula is C10H14N5O13P3+2. The molecule has 2 aromatic heterocycles. The lowest BCUT2D eigenvalue weighted by molar-refractivity contribution is -0.175. The van der Waals surface area contributed by atoms with Gasteiger partial charge >= 0.3 is 24.3 Å². The number of aliphatic hydroxyl groups excluding tert-OH is 2. The highest BCUT2D eigenvalue weighted by molar-refractivity contribution is 7.47. The number of imidazole rings is 1. The van der Waals surface area contributed by atoms with Crippen LogP contribution in [0.4, 0.5) is 5.82 Å². The summed E-state index contributed by atoms with van der Waals surface area (Å²) in [6.45, 7) is -0.785. The molecule has 0 saturated carbocycles. The van der Waals surface area contributed by atoms with Crippen molar-refractivity contribution < 1.29 is 61.7 Å². The Hall–Kier alpha value is -1.62. The van der Waals surface area contributed by atoms with Crippen molar-refractivity contribution in [2.24, 2.45) is 0 Å². The van der Waals surface area contributed by atoms with Gasteiger partial charge in [-0.15, -0.1) is 4.89 Å². The second-order valence-electron chi connectivity index (χ2n) is 5.65. The fourth-order valence-corrected chi connectivity index (χ4v) is 3.88. The average Bonchev–Trinajstić information content (AvgIpc) is 3.26. The van der Waals surface area contributed by atoms with Gasteiger partial charge in [0.2, 0.25) is 0 Å². The number of aliphatic hydroxyl groups is 2. The Morgan fingerprint density at radius 3 is 2.65 bits per heavy atom. The van der Waals surface area contributed by atoms with E-state index in [2.05, 4.69) is 38.2 Å². The summed E-state index contributed by atoms with van der Waals surface area (Å²) >= 11 is 0. The third-order valence-corrected chi connectivity index (χ3v) is 5.31. The molecule has 0 spiro atoms. The fraction of sp³-hybridized carbons (Fsp3) is 0.500. The quantitative estimate of drug-likeness (QED) is 0.153. The van der Waals surface area contributed by atoms with Crippen LogP contribution in [0.5, 0.6) is 0 Å². The molecule has 7 atom stereocenters. The number of aromatic nitrogens is 4. The lowest BCUT2D eigenvalue weighted by Crippen LogP contribution is -2.33. The zero-order valence-electron chi connectivity index (χ0n) is 14.8. The van der Waals surface area contributed by atoms with E-state index in [9.17, 15) is 28.8 Å². The maximum atomic E-state index is 11.7.